The Balaban J connectivity index is 2.49. The van der Waals surface area contributed by atoms with Crippen LogP contribution in [0.2, 0.25) is 0 Å². The van der Waals surface area contributed by atoms with Crippen molar-refractivity contribution >= 4 is 5.97 Å². The van der Waals surface area contributed by atoms with E-state index in [1.54, 1.807) is 6.92 Å². The quantitative estimate of drug-likeness (QED) is 0.574. The molecule has 1 aliphatic rings. The second kappa shape index (κ2) is 4.23. The van der Waals surface area contributed by atoms with Crippen LogP contribution >= 0.6 is 0 Å². The molecule has 0 aromatic carbocycles. The van der Waals surface area contributed by atoms with Crippen LogP contribution in [0.15, 0.2) is 11.6 Å². The zero-order chi connectivity index (χ0) is 8.97. The molecule has 1 fully saturated rings. The molecule has 0 bridgehead atoms. The van der Waals surface area contributed by atoms with Crippen LogP contribution in [0.3, 0.4) is 0 Å². The summed E-state index contributed by atoms with van der Waals surface area (Å²) in [5.74, 6) is -0.915. The average Bonchev–Trinajstić information content (AvgIpc) is 2.05. The fourth-order valence-electron chi connectivity index (χ4n) is 1.15. The van der Waals surface area contributed by atoms with Crippen LogP contribution in [0.4, 0.5) is 0 Å². The number of carboxylic acids is 1. The van der Waals surface area contributed by atoms with Gasteiger partial charge in [0.05, 0.1) is 12.7 Å². The first kappa shape index (κ1) is 9.22. The first-order chi connectivity index (χ1) is 5.70. The van der Waals surface area contributed by atoms with Crippen LogP contribution in [0, 0.1) is 0 Å². The van der Waals surface area contributed by atoms with Crippen molar-refractivity contribution in [3.8, 4) is 0 Å². The molecule has 1 atom stereocenters. The molecule has 68 valence electrons. The van der Waals surface area contributed by atoms with Crippen molar-refractivity contribution in [2.45, 2.75) is 13.0 Å². The number of aliphatic carboxylic acids is 1. The molecule has 4 heteroatoms. The molecule has 1 saturated heterocycles. The third kappa shape index (κ3) is 2.64. The number of morpholine rings is 1. The summed E-state index contributed by atoms with van der Waals surface area (Å²) in [7, 11) is 0. The fourth-order valence-corrected chi connectivity index (χ4v) is 1.15. The summed E-state index contributed by atoms with van der Waals surface area (Å²) in [4.78, 5) is 10.3. The van der Waals surface area contributed by atoms with Crippen molar-refractivity contribution < 1.29 is 14.6 Å². The molecular weight excluding hydrogens is 158 g/mol. The maximum absolute atomic E-state index is 10.3. The molecule has 0 radical (unpaired) electrons. The van der Waals surface area contributed by atoms with E-state index in [1.165, 1.54) is 6.08 Å². The van der Waals surface area contributed by atoms with Crippen LogP contribution in [-0.2, 0) is 9.53 Å². The van der Waals surface area contributed by atoms with Crippen molar-refractivity contribution in [2.75, 3.05) is 19.7 Å². The number of carbonyl (C=O) groups is 1. The number of hydrogen-bond acceptors (Lipinski definition) is 3. The Morgan fingerprint density at radius 3 is 3.00 bits per heavy atom. The second-order valence-corrected chi connectivity index (χ2v) is 2.79. The van der Waals surface area contributed by atoms with Gasteiger partial charge >= 0.3 is 5.97 Å². The molecule has 0 amide bonds. The van der Waals surface area contributed by atoms with Crippen LogP contribution in [-0.4, -0.2) is 36.9 Å². The van der Waals surface area contributed by atoms with Gasteiger partial charge < -0.3 is 15.2 Å². The third-order valence-corrected chi connectivity index (χ3v) is 1.79. The second-order valence-electron chi connectivity index (χ2n) is 2.79. The van der Waals surface area contributed by atoms with Gasteiger partial charge in [-0.1, -0.05) is 0 Å². The van der Waals surface area contributed by atoms with Gasteiger partial charge in [0.1, 0.15) is 0 Å². The van der Waals surface area contributed by atoms with Crippen molar-refractivity contribution in [2.24, 2.45) is 0 Å². The molecule has 1 aliphatic heterocycles. The minimum absolute atomic E-state index is 0.0742. The molecule has 1 rings (SSSR count). The highest BCUT2D eigenvalue weighted by Gasteiger charge is 2.15. The summed E-state index contributed by atoms with van der Waals surface area (Å²) < 4.78 is 5.35. The summed E-state index contributed by atoms with van der Waals surface area (Å²) in [6.45, 7) is 3.97. The minimum Gasteiger partial charge on any atom is -0.478 e. The summed E-state index contributed by atoms with van der Waals surface area (Å²) in [5, 5.41) is 11.6. The Kier molecular flexibility index (Phi) is 3.25. The molecule has 0 aromatic rings. The summed E-state index contributed by atoms with van der Waals surface area (Å²) in [6, 6.07) is 0. The van der Waals surface area contributed by atoms with Crippen molar-refractivity contribution in [3.63, 3.8) is 0 Å². The lowest BCUT2D eigenvalue weighted by Crippen LogP contribution is -2.39. The van der Waals surface area contributed by atoms with E-state index in [-0.39, 0.29) is 6.10 Å². The summed E-state index contributed by atoms with van der Waals surface area (Å²) in [6.07, 6.45) is 1.12. The monoisotopic (exact) mass is 171 g/mol. The van der Waals surface area contributed by atoms with Crippen LogP contribution in [0.25, 0.3) is 0 Å². The van der Waals surface area contributed by atoms with Crippen LogP contribution in [0.5, 0.6) is 0 Å². The molecular formula is C8H13NO3. The lowest BCUT2D eigenvalue weighted by atomic mass is 10.1. The van der Waals surface area contributed by atoms with Gasteiger partial charge in [-0.05, 0) is 12.5 Å². The van der Waals surface area contributed by atoms with Gasteiger partial charge in [0, 0.05) is 19.2 Å². The van der Waals surface area contributed by atoms with E-state index < -0.39 is 5.97 Å². The van der Waals surface area contributed by atoms with Gasteiger partial charge in [-0.3, -0.25) is 0 Å². The molecule has 0 aliphatic carbocycles. The van der Waals surface area contributed by atoms with Gasteiger partial charge in [-0.15, -0.1) is 0 Å². The maximum atomic E-state index is 10.3. The molecule has 2 N–H and O–H groups in total. The van der Waals surface area contributed by atoms with E-state index in [0.717, 1.165) is 12.1 Å². The molecule has 4 nitrogen and oxygen atoms in total. The predicted octanol–water partition coefficient (Wildman–Crippen LogP) is 0.00570. The predicted molar refractivity (Wildman–Crippen MR) is 44.0 cm³/mol. The normalized spacial score (nSPS) is 25.4. The Morgan fingerprint density at radius 2 is 2.50 bits per heavy atom. The summed E-state index contributed by atoms with van der Waals surface area (Å²) >= 11 is 0. The SMILES string of the molecule is C/C(=C\C(=O)O)[C@@H]1CNCCO1. The van der Waals surface area contributed by atoms with Gasteiger partial charge in [-0.25, -0.2) is 4.79 Å². The Hall–Kier alpha value is -0.870. The number of hydrogen-bond donors (Lipinski definition) is 2. The Labute approximate surface area is 71.2 Å². The zero-order valence-corrected chi connectivity index (χ0v) is 7.04. The third-order valence-electron chi connectivity index (χ3n) is 1.79. The van der Waals surface area contributed by atoms with E-state index in [9.17, 15) is 4.79 Å². The fraction of sp³-hybridized carbons (Fsp3) is 0.625. The van der Waals surface area contributed by atoms with Gasteiger partial charge in [0.25, 0.3) is 0 Å². The molecule has 0 unspecified atom stereocenters. The average molecular weight is 171 g/mol. The van der Waals surface area contributed by atoms with Crippen molar-refractivity contribution in [1.29, 1.82) is 0 Å². The number of nitrogens with one attached hydrogen (secondary N) is 1. The van der Waals surface area contributed by atoms with Crippen molar-refractivity contribution in [3.05, 3.63) is 11.6 Å². The largest absolute Gasteiger partial charge is 0.478 e. The Morgan fingerprint density at radius 1 is 1.75 bits per heavy atom. The van der Waals surface area contributed by atoms with E-state index in [0.29, 0.717) is 13.2 Å². The highest BCUT2D eigenvalue weighted by molar-refractivity contribution is 5.80. The molecule has 0 aromatic heterocycles. The molecule has 0 spiro atoms. The highest BCUT2D eigenvalue weighted by atomic mass is 16.5. The highest BCUT2D eigenvalue weighted by Crippen LogP contribution is 2.07. The van der Waals surface area contributed by atoms with Gasteiger partial charge in [0.15, 0.2) is 0 Å². The first-order valence-electron chi connectivity index (χ1n) is 3.93. The van der Waals surface area contributed by atoms with Gasteiger partial charge in [-0.2, -0.15) is 0 Å². The molecule has 0 saturated carbocycles. The summed E-state index contributed by atoms with van der Waals surface area (Å²) in [5.41, 5.74) is 0.759. The van der Waals surface area contributed by atoms with Crippen molar-refractivity contribution in [1.82, 2.24) is 5.32 Å². The zero-order valence-electron chi connectivity index (χ0n) is 7.04. The molecule has 12 heavy (non-hydrogen) atoms. The van der Waals surface area contributed by atoms with Gasteiger partial charge in [0.2, 0.25) is 0 Å². The number of rotatable bonds is 2. The van der Waals surface area contributed by atoms with E-state index >= 15 is 0 Å². The smallest absolute Gasteiger partial charge is 0.328 e. The van der Waals surface area contributed by atoms with E-state index in [4.69, 9.17) is 9.84 Å². The first-order valence-corrected chi connectivity index (χ1v) is 3.93. The Bertz CT molecular complexity index is 194. The standard InChI is InChI=1S/C8H13NO3/c1-6(4-8(10)11)7-5-9-2-3-12-7/h4,7,9H,2-3,5H2,1H3,(H,10,11)/b6-4+/t7-/m0/s1. The van der Waals surface area contributed by atoms with E-state index in [2.05, 4.69) is 5.32 Å². The number of carboxylic acid groups (broad SMARTS) is 1. The number of ether oxygens (including phenoxy) is 1. The van der Waals surface area contributed by atoms with E-state index in [1.807, 2.05) is 0 Å². The minimum atomic E-state index is -0.915. The topological polar surface area (TPSA) is 58.6 Å². The lowest BCUT2D eigenvalue weighted by Gasteiger charge is -2.23. The maximum Gasteiger partial charge on any atom is 0.328 e. The molecule has 1 heterocycles. The van der Waals surface area contributed by atoms with Crippen LogP contribution < -0.4 is 5.32 Å². The van der Waals surface area contributed by atoms with Crippen LogP contribution in [0.1, 0.15) is 6.92 Å². The lowest BCUT2D eigenvalue weighted by molar-refractivity contribution is -0.131.